The second-order valence-electron chi connectivity index (χ2n) is 3.00. The van der Waals surface area contributed by atoms with E-state index in [0.29, 0.717) is 5.25 Å². The van der Waals surface area contributed by atoms with Crippen LogP contribution in [-0.4, -0.2) is 23.8 Å². The molecule has 4 heteroatoms. The van der Waals surface area contributed by atoms with Crippen molar-refractivity contribution in [2.24, 2.45) is 0 Å². The zero-order chi connectivity index (χ0) is 9.10. The molecule has 0 radical (unpaired) electrons. The molecule has 1 aliphatic heterocycles. The lowest BCUT2D eigenvalue weighted by Crippen LogP contribution is -2.28. The minimum Gasteiger partial charge on any atom is -0.314 e. The van der Waals surface area contributed by atoms with Crippen LogP contribution in [0.2, 0.25) is 5.02 Å². The molecule has 70 valence electrons. The number of hydrogen-bond donors (Lipinski definition) is 1. The first-order valence-electron chi connectivity index (χ1n) is 4.29. The van der Waals surface area contributed by atoms with Gasteiger partial charge in [-0.3, -0.25) is 4.98 Å². The van der Waals surface area contributed by atoms with Crippen molar-refractivity contribution in [1.82, 2.24) is 10.3 Å². The zero-order valence-corrected chi connectivity index (χ0v) is 8.74. The summed E-state index contributed by atoms with van der Waals surface area (Å²) >= 11 is 7.84. The SMILES string of the molecule is Clc1cncc(C2CNCCS2)c1. The molecule has 1 saturated heterocycles. The van der Waals surface area contributed by atoms with Crippen LogP contribution in [0.15, 0.2) is 18.5 Å². The quantitative estimate of drug-likeness (QED) is 0.775. The highest BCUT2D eigenvalue weighted by Crippen LogP contribution is 2.30. The van der Waals surface area contributed by atoms with E-state index in [9.17, 15) is 0 Å². The third kappa shape index (κ3) is 2.36. The monoisotopic (exact) mass is 214 g/mol. The molecule has 0 aromatic carbocycles. The summed E-state index contributed by atoms with van der Waals surface area (Å²) in [5.74, 6) is 1.16. The van der Waals surface area contributed by atoms with E-state index in [0.717, 1.165) is 23.9 Å². The van der Waals surface area contributed by atoms with E-state index in [1.807, 2.05) is 24.0 Å². The van der Waals surface area contributed by atoms with E-state index < -0.39 is 0 Å². The lowest BCUT2D eigenvalue weighted by Gasteiger charge is -2.22. The molecule has 13 heavy (non-hydrogen) atoms. The number of pyridine rings is 1. The van der Waals surface area contributed by atoms with Crippen LogP contribution in [0.5, 0.6) is 0 Å². The molecule has 1 unspecified atom stereocenters. The van der Waals surface area contributed by atoms with E-state index in [1.54, 1.807) is 6.20 Å². The van der Waals surface area contributed by atoms with Gasteiger partial charge >= 0.3 is 0 Å². The second kappa shape index (κ2) is 4.31. The van der Waals surface area contributed by atoms with Crippen molar-refractivity contribution in [3.8, 4) is 0 Å². The van der Waals surface area contributed by atoms with Crippen LogP contribution in [0.3, 0.4) is 0 Å². The van der Waals surface area contributed by atoms with Gasteiger partial charge in [-0.05, 0) is 11.6 Å². The summed E-state index contributed by atoms with van der Waals surface area (Å²) in [7, 11) is 0. The molecule has 0 spiro atoms. The Balaban J connectivity index is 2.14. The van der Waals surface area contributed by atoms with E-state index in [1.165, 1.54) is 5.56 Å². The van der Waals surface area contributed by atoms with Crippen LogP contribution in [0.1, 0.15) is 10.8 Å². The van der Waals surface area contributed by atoms with Crippen molar-refractivity contribution in [2.75, 3.05) is 18.8 Å². The van der Waals surface area contributed by atoms with Gasteiger partial charge < -0.3 is 5.32 Å². The highest BCUT2D eigenvalue weighted by atomic mass is 35.5. The lowest BCUT2D eigenvalue weighted by molar-refractivity contribution is 0.688. The van der Waals surface area contributed by atoms with E-state index in [4.69, 9.17) is 11.6 Å². The smallest absolute Gasteiger partial charge is 0.0592 e. The van der Waals surface area contributed by atoms with E-state index in [-0.39, 0.29) is 0 Å². The number of nitrogens with one attached hydrogen (secondary N) is 1. The molecule has 1 fully saturated rings. The average Bonchev–Trinajstić information content (AvgIpc) is 2.19. The fourth-order valence-corrected chi connectivity index (χ4v) is 2.67. The van der Waals surface area contributed by atoms with Crippen molar-refractivity contribution in [1.29, 1.82) is 0 Å². The molecule has 2 rings (SSSR count). The van der Waals surface area contributed by atoms with Crippen molar-refractivity contribution < 1.29 is 0 Å². The number of halogens is 1. The molecule has 1 aromatic heterocycles. The van der Waals surface area contributed by atoms with Crippen molar-refractivity contribution >= 4 is 23.4 Å². The maximum absolute atomic E-state index is 5.87. The molecule has 1 N–H and O–H groups in total. The molecule has 1 aromatic rings. The third-order valence-electron chi connectivity index (χ3n) is 2.03. The molecule has 1 aliphatic rings. The van der Waals surface area contributed by atoms with Crippen molar-refractivity contribution in [3.63, 3.8) is 0 Å². The van der Waals surface area contributed by atoms with Gasteiger partial charge in [0.2, 0.25) is 0 Å². The van der Waals surface area contributed by atoms with Gasteiger partial charge in [0, 0.05) is 36.5 Å². The maximum atomic E-state index is 5.87. The summed E-state index contributed by atoms with van der Waals surface area (Å²) in [6.45, 7) is 2.13. The molecule has 0 aliphatic carbocycles. The van der Waals surface area contributed by atoms with Crippen LogP contribution >= 0.6 is 23.4 Å². The van der Waals surface area contributed by atoms with Gasteiger partial charge in [0.25, 0.3) is 0 Å². The van der Waals surface area contributed by atoms with E-state index >= 15 is 0 Å². The number of nitrogens with zero attached hydrogens (tertiary/aromatic N) is 1. The van der Waals surface area contributed by atoms with Crippen molar-refractivity contribution in [3.05, 3.63) is 29.0 Å². The van der Waals surface area contributed by atoms with Gasteiger partial charge in [0.05, 0.1) is 5.02 Å². The average molecular weight is 215 g/mol. The Morgan fingerprint density at radius 3 is 3.15 bits per heavy atom. The van der Waals surface area contributed by atoms with Gasteiger partial charge in [-0.2, -0.15) is 11.8 Å². The molecular formula is C9H11ClN2S. The predicted molar refractivity (Wildman–Crippen MR) is 57.3 cm³/mol. The Morgan fingerprint density at radius 1 is 1.54 bits per heavy atom. The summed E-state index contributed by atoms with van der Waals surface area (Å²) in [6, 6.07) is 2.00. The maximum Gasteiger partial charge on any atom is 0.0592 e. The minimum absolute atomic E-state index is 0.514. The first-order chi connectivity index (χ1) is 6.36. The molecular weight excluding hydrogens is 204 g/mol. The van der Waals surface area contributed by atoms with Crippen LogP contribution in [0.25, 0.3) is 0 Å². The fraction of sp³-hybridized carbons (Fsp3) is 0.444. The van der Waals surface area contributed by atoms with Gasteiger partial charge in [-0.1, -0.05) is 11.6 Å². The molecule has 0 bridgehead atoms. The number of hydrogen-bond acceptors (Lipinski definition) is 3. The normalized spacial score (nSPS) is 23.0. The second-order valence-corrected chi connectivity index (χ2v) is 4.75. The Bertz CT molecular complexity index is 287. The molecule has 1 atom stereocenters. The first-order valence-corrected chi connectivity index (χ1v) is 5.72. The van der Waals surface area contributed by atoms with Crippen LogP contribution in [0.4, 0.5) is 0 Å². The standard InChI is InChI=1S/C9H11ClN2S/c10-8-3-7(4-12-5-8)9-6-11-1-2-13-9/h3-5,9,11H,1-2,6H2. The molecule has 2 heterocycles. The summed E-state index contributed by atoms with van der Waals surface area (Å²) in [4.78, 5) is 4.09. The summed E-state index contributed by atoms with van der Waals surface area (Å²) in [6.07, 6.45) is 3.57. The highest BCUT2D eigenvalue weighted by Gasteiger charge is 2.15. The number of aromatic nitrogens is 1. The predicted octanol–water partition coefficient (Wildman–Crippen LogP) is 2.11. The summed E-state index contributed by atoms with van der Waals surface area (Å²) in [5, 5.41) is 4.60. The van der Waals surface area contributed by atoms with Crippen LogP contribution < -0.4 is 5.32 Å². The fourth-order valence-electron chi connectivity index (χ4n) is 1.38. The molecule has 0 saturated carbocycles. The summed E-state index contributed by atoms with van der Waals surface area (Å²) in [5.41, 5.74) is 1.23. The van der Waals surface area contributed by atoms with Crippen LogP contribution in [-0.2, 0) is 0 Å². The van der Waals surface area contributed by atoms with Gasteiger partial charge in [-0.15, -0.1) is 0 Å². The zero-order valence-electron chi connectivity index (χ0n) is 7.16. The van der Waals surface area contributed by atoms with Gasteiger partial charge in [0.1, 0.15) is 0 Å². The number of thioether (sulfide) groups is 1. The topological polar surface area (TPSA) is 24.9 Å². The van der Waals surface area contributed by atoms with E-state index in [2.05, 4.69) is 10.3 Å². The van der Waals surface area contributed by atoms with Gasteiger partial charge in [0.15, 0.2) is 0 Å². The Hall–Kier alpha value is -0.250. The lowest BCUT2D eigenvalue weighted by atomic mass is 10.2. The minimum atomic E-state index is 0.514. The Kier molecular flexibility index (Phi) is 3.09. The largest absolute Gasteiger partial charge is 0.314 e. The third-order valence-corrected chi connectivity index (χ3v) is 3.51. The molecule has 0 amide bonds. The van der Waals surface area contributed by atoms with Gasteiger partial charge in [-0.25, -0.2) is 0 Å². The number of rotatable bonds is 1. The van der Waals surface area contributed by atoms with Crippen LogP contribution in [0, 0.1) is 0 Å². The summed E-state index contributed by atoms with van der Waals surface area (Å²) < 4.78 is 0. The Morgan fingerprint density at radius 2 is 2.46 bits per heavy atom. The van der Waals surface area contributed by atoms with Crippen molar-refractivity contribution in [2.45, 2.75) is 5.25 Å². The highest BCUT2D eigenvalue weighted by molar-refractivity contribution is 7.99. The Labute approximate surface area is 87.1 Å². The molecule has 2 nitrogen and oxygen atoms in total. The first kappa shape index (κ1) is 9.31.